The van der Waals surface area contributed by atoms with Gasteiger partial charge in [-0.05, 0) is 61.1 Å². The quantitative estimate of drug-likeness (QED) is 0.921. The molecule has 0 amide bonds. The molecule has 1 aromatic carbocycles. The standard InChI is InChI=1S/C16H18ClNOS/c1-19-14-6-5-12(17)7-11(14)8-13(18)16-9-10-3-2-4-15(10)20-16/h5-7,9,13H,2-4,8,18H2,1H3. The molecule has 0 fully saturated rings. The van der Waals surface area contributed by atoms with E-state index in [-0.39, 0.29) is 6.04 Å². The fourth-order valence-electron chi connectivity index (χ4n) is 2.78. The van der Waals surface area contributed by atoms with Gasteiger partial charge < -0.3 is 10.5 Å². The summed E-state index contributed by atoms with van der Waals surface area (Å²) in [5.74, 6) is 0.856. The zero-order valence-corrected chi connectivity index (χ0v) is 13.1. The second-order valence-corrected chi connectivity index (χ2v) is 6.82. The van der Waals surface area contributed by atoms with Gasteiger partial charge in [0.1, 0.15) is 5.75 Å². The molecule has 4 heteroatoms. The number of rotatable bonds is 4. The van der Waals surface area contributed by atoms with E-state index in [1.807, 2.05) is 29.5 Å². The van der Waals surface area contributed by atoms with E-state index >= 15 is 0 Å². The topological polar surface area (TPSA) is 35.2 Å². The number of fused-ring (bicyclic) bond motifs is 1. The number of aryl methyl sites for hydroxylation is 2. The molecule has 1 aromatic heterocycles. The molecule has 1 unspecified atom stereocenters. The lowest BCUT2D eigenvalue weighted by atomic mass is 10.0. The van der Waals surface area contributed by atoms with E-state index in [0.717, 1.165) is 22.8 Å². The molecule has 106 valence electrons. The molecule has 0 saturated carbocycles. The first-order valence-electron chi connectivity index (χ1n) is 6.87. The van der Waals surface area contributed by atoms with Gasteiger partial charge in [-0.3, -0.25) is 0 Å². The van der Waals surface area contributed by atoms with Crippen LogP contribution in [-0.4, -0.2) is 7.11 Å². The van der Waals surface area contributed by atoms with Gasteiger partial charge in [0.25, 0.3) is 0 Å². The maximum atomic E-state index is 6.37. The smallest absolute Gasteiger partial charge is 0.122 e. The fourth-order valence-corrected chi connectivity index (χ4v) is 4.23. The van der Waals surface area contributed by atoms with Crippen LogP contribution in [0.25, 0.3) is 0 Å². The van der Waals surface area contributed by atoms with Gasteiger partial charge in [0.15, 0.2) is 0 Å². The van der Waals surface area contributed by atoms with Gasteiger partial charge in [-0.2, -0.15) is 0 Å². The highest BCUT2D eigenvalue weighted by atomic mass is 35.5. The Bertz CT molecular complexity index is 601. The van der Waals surface area contributed by atoms with Crippen molar-refractivity contribution >= 4 is 22.9 Å². The average molecular weight is 308 g/mol. The molecule has 3 rings (SSSR count). The van der Waals surface area contributed by atoms with Gasteiger partial charge in [-0.1, -0.05) is 11.6 Å². The van der Waals surface area contributed by atoms with Crippen molar-refractivity contribution in [1.82, 2.24) is 0 Å². The highest BCUT2D eigenvalue weighted by Gasteiger charge is 2.19. The van der Waals surface area contributed by atoms with Crippen LogP contribution in [0.4, 0.5) is 0 Å². The van der Waals surface area contributed by atoms with Crippen molar-refractivity contribution in [1.29, 1.82) is 0 Å². The molecule has 1 atom stereocenters. The van der Waals surface area contributed by atoms with Gasteiger partial charge >= 0.3 is 0 Å². The summed E-state index contributed by atoms with van der Waals surface area (Å²) in [6.07, 6.45) is 4.47. The molecule has 0 aliphatic heterocycles. The van der Waals surface area contributed by atoms with Crippen molar-refractivity contribution in [2.24, 2.45) is 5.73 Å². The molecular weight excluding hydrogens is 290 g/mol. The van der Waals surface area contributed by atoms with Crippen molar-refractivity contribution < 1.29 is 4.74 Å². The van der Waals surface area contributed by atoms with Crippen LogP contribution in [0.3, 0.4) is 0 Å². The van der Waals surface area contributed by atoms with E-state index in [4.69, 9.17) is 22.1 Å². The van der Waals surface area contributed by atoms with Crippen LogP contribution in [0.15, 0.2) is 24.3 Å². The van der Waals surface area contributed by atoms with Crippen LogP contribution in [0.5, 0.6) is 5.75 Å². The van der Waals surface area contributed by atoms with Crippen LogP contribution < -0.4 is 10.5 Å². The second kappa shape index (κ2) is 5.76. The molecule has 0 radical (unpaired) electrons. The lowest BCUT2D eigenvalue weighted by Gasteiger charge is -2.13. The SMILES string of the molecule is COc1ccc(Cl)cc1CC(N)c1cc2c(s1)CCC2. The molecule has 1 heterocycles. The monoisotopic (exact) mass is 307 g/mol. The minimum atomic E-state index is 0.0120. The van der Waals surface area contributed by atoms with E-state index in [2.05, 4.69) is 6.07 Å². The number of hydrogen-bond donors (Lipinski definition) is 1. The van der Waals surface area contributed by atoms with Gasteiger partial charge in [-0.25, -0.2) is 0 Å². The van der Waals surface area contributed by atoms with Crippen LogP contribution >= 0.6 is 22.9 Å². The predicted molar refractivity (Wildman–Crippen MR) is 85.0 cm³/mol. The predicted octanol–water partition coefficient (Wildman–Crippen LogP) is 4.14. The first kappa shape index (κ1) is 13.9. The summed E-state index contributed by atoms with van der Waals surface area (Å²) >= 11 is 7.94. The molecule has 20 heavy (non-hydrogen) atoms. The van der Waals surface area contributed by atoms with Crippen LogP contribution in [0.2, 0.25) is 5.02 Å². The summed E-state index contributed by atoms with van der Waals surface area (Å²) in [7, 11) is 1.68. The van der Waals surface area contributed by atoms with E-state index < -0.39 is 0 Å². The van der Waals surface area contributed by atoms with Crippen LogP contribution in [0, 0.1) is 0 Å². The number of halogens is 1. The molecular formula is C16H18ClNOS. The van der Waals surface area contributed by atoms with Gasteiger partial charge in [0.05, 0.1) is 7.11 Å². The number of ether oxygens (including phenoxy) is 1. The number of methoxy groups -OCH3 is 1. The Balaban J connectivity index is 1.81. The third-order valence-corrected chi connectivity index (χ3v) is 5.42. The summed E-state index contributed by atoms with van der Waals surface area (Å²) in [6.45, 7) is 0. The number of thiophene rings is 1. The molecule has 2 N–H and O–H groups in total. The summed E-state index contributed by atoms with van der Waals surface area (Å²) < 4.78 is 5.39. The van der Waals surface area contributed by atoms with Crippen molar-refractivity contribution in [3.05, 3.63) is 50.2 Å². The van der Waals surface area contributed by atoms with E-state index in [1.54, 1.807) is 7.11 Å². The second-order valence-electron chi connectivity index (χ2n) is 5.22. The number of hydrogen-bond acceptors (Lipinski definition) is 3. The highest BCUT2D eigenvalue weighted by molar-refractivity contribution is 7.12. The largest absolute Gasteiger partial charge is 0.496 e. The Morgan fingerprint density at radius 2 is 2.20 bits per heavy atom. The average Bonchev–Trinajstić information content (AvgIpc) is 2.99. The Hall–Kier alpha value is -1.03. The Kier molecular flexibility index (Phi) is 4.01. The maximum Gasteiger partial charge on any atom is 0.122 e. The third kappa shape index (κ3) is 2.71. The minimum Gasteiger partial charge on any atom is -0.496 e. The van der Waals surface area contributed by atoms with E-state index in [0.29, 0.717) is 0 Å². The normalized spacial score (nSPS) is 15.2. The lowest BCUT2D eigenvalue weighted by molar-refractivity contribution is 0.408. The van der Waals surface area contributed by atoms with Crippen molar-refractivity contribution in [3.63, 3.8) is 0 Å². The van der Waals surface area contributed by atoms with Gasteiger partial charge in [-0.15, -0.1) is 11.3 Å². The molecule has 2 aromatic rings. The van der Waals surface area contributed by atoms with Crippen molar-refractivity contribution in [2.45, 2.75) is 31.7 Å². The van der Waals surface area contributed by atoms with Crippen molar-refractivity contribution in [2.75, 3.05) is 7.11 Å². The Morgan fingerprint density at radius 3 is 2.95 bits per heavy atom. The third-order valence-electron chi connectivity index (χ3n) is 3.81. The molecule has 1 aliphatic rings. The first-order chi connectivity index (χ1) is 9.67. The lowest BCUT2D eigenvalue weighted by Crippen LogP contribution is -2.12. The number of nitrogens with two attached hydrogens (primary N) is 1. The zero-order valence-electron chi connectivity index (χ0n) is 11.5. The summed E-state index contributed by atoms with van der Waals surface area (Å²) in [6, 6.07) is 7.99. The Labute approximate surface area is 128 Å². The first-order valence-corrected chi connectivity index (χ1v) is 8.06. The van der Waals surface area contributed by atoms with Crippen molar-refractivity contribution in [3.8, 4) is 5.75 Å². The summed E-state index contributed by atoms with van der Waals surface area (Å²) in [4.78, 5) is 2.80. The Morgan fingerprint density at radius 1 is 1.35 bits per heavy atom. The van der Waals surface area contributed by atoms with Crippen LogP contribution in [0.1, 0.15) is 33.3 Å². The zero-order chi connectivity index (χ0) is 14.1. The fraction of sp³-hybridized carbons (Fsp3) is 0.375. The number of benzene rings is 1. The van der Waals surface area contributed by atoms with Gasteiger partial charge in [0.2, 0.25) is 0 Å². The minimum absolute atomic E-state index is 0.0120. The molecule has 1 aliphatic carbocycles. The summed E-state index contributed by atoms with van der Waals surface area (Å²) in [5.41, 5.74) is 8.94. The maximum absolute atomic E-state index is 6.37. The molecule has 0 bridgehead atoms. The molecule has 0 spiro atoms. The molecule has 0 saturated heterocycles. The van der Waals surface area contributed by atoms with Crippen LogP contribution in [-0.2, 0) is 19.3 Å². The van der Waals surface area contributed by atoms with Gasteiger partial charge in [0, 0.05) is 20.8 Å². The highest BCUT2D eigenvalue weighted by Crippen LogP contribution is 2.35. The molecule has 2 nitrogen and oxygen atoms in total. The van der Waals surface area contributed by atoms with E-state index in [9.17, 15) is 0 Å². The van der Waals surface area contributed by atoms with E-state index in [1.165, 1.54) is 34.6 Å². The summed E-state index contributed by atoms with van der Waals surface area (Å²) in [5, 5.41) is 0.724.